The van der Waals surface area contributed by atoms with Crippen molar-refractivity contribution < 1.29 is 14.3 Å². The van der Waals surface area contributed by atoms with Crippen LogP contribution in [0.2, 0.25) is 0 Å². The zero-order valence-electron chi connectivity index (χ0n) is 8.62. The molecule has 0 aromatic rings. The van der Waals surface area contributed by atoms with E-state index in [9.17, 15) is 9.59 Å². The molecule has 0 atom stereocenters. The standard InChI is InChI=1S/C9H17N3O3/c10-9(14)15-6-5-11-4-3-8(13)12-7-1-2-7/h7,11H,1-6H2,(H2,10,14)(H,12,13). The van der Waals surface area contributed by atoms with Crippen molar-refractivity contribution in [3.63, 3.8) is 0 Å². The van der Waals surface area contributed by atoms with Crippen molar-refractivity contribution in [2.45, 2.75) is 25.3 Å². The summed E-state index contributed by atoms with van der Waals surface area (Å²) in [6.45, 7) is 1.33. The Morgan fingerprint density at radius 3 is 2.67 bits per heavy atom. The first kappa shape index (κ1) is 11.8. The topological polar surface area (TPSA) is 93.5 Å². The number of carbonyl (C=O) groups excluding carboxylic acids is 2. The van der Waals surface area contributed by atoms with Crippen molar-refractivity contribution >= 4 is 12.0 Å². The quantitative estimate of drug-likeness (QED) is 0.491. The summed E-state index contributed by atoms with van der Waals surface area (Å²) >= 11 is 0. The Bertz CT molecular complexity index is 229. The molecule has 86 valence electrons. The number of nitrogens with one attached hydrogen (secondary N) is 2. The lowest BCUT2D eigenvalue weighted by atomic mass is 10.4. The van der Waals surface area contributed by atoms with E-state index in [1.54, 1.807) is 0 Å². The van der Waals surface area contributed by atoms with Crippen molar-refractivity contribution in [3.05, 3.63) is 0 Å². The first-order valence-corrected chi connectivity index (χ1v) is 5.11. The summed E-state index contributed by atoms with van der Waals surface area (Å²) < 4.78 is 4.50. The first-order valence-electron chi connectivity index (χ1n) is 5.11. The molecule has 1 aliphatic carbocycles. The summed E-state index contributed by atoms with van der Waals surface area (Å²) in [4.78, 5) is 21.4. The van der Waals surface area contributed by atoms with E-state index >= 15 is 0 Å². The highest BCUT2D eigenvalue weighted by atomic mass is 16.5. The molecule has 1 fully saturated rings. The van der Waals surface area contributed by atoms with Crippen molar-refractivity contribution in [2.75, 3.05) is 19.7 Å². The molecule has 0 unspecified atom stereocenters. The smallest absolute Gasteiger partial charge is 0.404 e. The van der Waals surface area contributed by atoms with Crippen molar-refractivity contribution in [3.8, 4) is 0 Å². The average molecular weight is 215 g/mol. The molecule has 1 saturated carbocycles. The monoisotopic (exact) mass is 215 g/mol. The van der Waals surface area contributed by atoms with Gasteiger partial charge in [0.15, 0.2) is 0 Å². The van der Waals surface area contributed by atoms with Gasteiger partial charge in [-0.3, -0.25) is 4.79 Å². The maximum absolute atomic E-state index is 11.2. The minimum absolute atomic E-state index is 0.0702. The van der Waals surface area contributed by atoms with Gasteiger partial charge in [0.05, 0.1) is 0 Å². The Balaban J connectivity index is 1.83. The first-order chi connectivity index (χ1) is 7.18. The van der Waals surface area contributed by atoms with E-state index < -0.39 is 6.09 Å². The maximum atomic E-state index is 11.2. The fourth-order valence-electron chi connectivity index (χ4n) is 1.08. The number of nitrogens with two attached hydrogens (primary N) is 1. The van der Waals surface area contributed by atoms with Gasteiger partial charge < -0.3 is 21.1 Å². The fraction of sp³-hybridized carbons (Fsp3) is 0.778. The number of ether oxygens (including phenoxy) is 1. The predicted molar refractivity (Wildman–Crippen MR) is 54.2 cm³/mol. The van der Waals surface area contributed by atoms with E-state index in [-0.39, 0.29) is 12.5 Å². The lowest BCUT2D eigenvalue weighted by molar-refractivity contribution is -0.121. The van der Waals surface area contributed by atoms with E-state index in [2.05, 4.69) is 15.4 Å². The molecule has 0 spiro atoms. The van der Waals surface area contributed by atoms with Gasteiger partial charge in [0.2, 0.25) is 5.91 Å². The molecule has 0 heterocycles. The van der Waals surface area contributed by atoms with Gasteiger partial charge in [0.1, 0.15) is 6.61 Å². The Hall–Kier alpha value is -1.30. The van der Waals surface area contributed by atoms with E-state index in [0.717, 1.165) is 12.8 Å². The molecule has 6 nitrogen and oxygen atoms in total. The number of hydrogen-bond acceptors (Lipinski definition) is 4. The fourth-order valence-corrected chi connectivity index (χ4v) is 1.08. The van der Waals surface area contributed by atoms with Gasteiger partial charge in [-0.15, -0.1) is 0 Å². The maximum Gasteiger partial charge on any atom is 0.404 e. The minimum atomic E-state index is -0.775. The number of hydrogen-bond donors (Lipinski definition) is 3. The molecule has 6 heteroatoms. The number of rotatable bonds is 7. The molecule has 0 saturated heterocycles. The van der Waals surface area contributed by atoms with Gasteiger partial charge in [0.25, 0.3) is 0 Å². The van der Waals surface area contributed by atoms with Crippen LogP contribution >= 0.6 is 0 Å². The van der Waals surface area contributed by atoms with Gasteiger partial charge in [-0.1, -0.05) is 0 Å². The van der Waals surface area contributed by atoms with E-state index in [1.807, 2.05) is 0 Å². The molecular formula is C9H17N3O3. The largest absolute Gasteiger partial charge is 0.448 e. The van der Waals surface area contributed by atoms with Crippen LogP contribution in [0, 0.1) is 0 Å². The van der Waals surface area contributed by atoms with E-state index in [0.29, 0.717) is 25.6 Å². The Morgan fingerprint density at radius 1 is 1.33 bits per heavy atom. The lowest BCUT2D eigenvalue weighted by Crippen LogP contribution is -2.30. The molecule has 2 amide bonds. The van der Waals surface area contributed by atoms with E-state index in [1.165, 1.54) is 0 Å². The molecule has 1 aliphatic rings. The van der Waals surface area contributed by atoms with Gasteiger partial charge in [0, 0.05) is 25.6 Å². The van der Waals surface area contributed by atoms with Gasteiger partial charge in [-0.05, 0) is 12.8 Å². The van der Waals surface area contributed by atoms with Gasteiger partial charge in [-0.25, -0.2) is 4.79 Å². The molecule has 0 aliphatic heterocycles. The highest BCUT2D eigenvalue weighted by Crippen LogP contribution is 2.18. The van der Waals surface area contributed by atoms with Crippen LogP contribution in [0.4, 0.5) is 4.79 Å². The van der Waals surface area contributed by atoms with Crippen LogP contribution < -0.4 is 16.4 Å². The molecule has 0 aromatic heterocycles. The van der Waals surface area contributed by atoms with E-state index in [4.69, 9.17) is 5.73 Å². The van der Waals surface area contributed by atoms with Crippen LogP contribution in [-0.2, 0) is 9.53 Å². The average Bonchev–Trinajstić information content (AvgIpc) is 2.94. The third-order valence-electron chi connectivity index (χ3n) is 1.99. The molecule has 15 heavy (non-hydrogen) atoms. The highest BCUT2D eigenvalue weighted by Gasteiger charge is 2.22. The number of carbonyl (C=O) groups is 2. The third-order valence-corrected chi connectivity index (χ3v) is 1.99. The molecule has 4 N–H and O–H groups in total. The van der Waals surface area contributed by atoms with Crippen LogP contribution in [0.3, 0.4) is 0 Å². The molecule has 0 radical (unpaired) electrons. The SMILES string of the molecule is NC(=O)OCCNCCC(=O)NC1CC1. The van der Waals surface area contributed by atoms with Crippen LogP contribution in [-0.4, -0.2) is 37.7 Å². The van der Waals surface area contributed by atoms with Crippen molar-refractivity contribution in [1.29, 1.82) is 0 Å². The second-order valence-electron chi connectivity index (χ2n) is 3.51. The summed E-state index contributed by atoms with van der Waals surface area (Å²) in [6, 6.07) is 0.413. The normalized spacial score (nSPS) is 14.7. The lowest BCUT2D eigenvalue weighted by Gasteiger charge is -2.05. The Morgan fingerprint density at radius 2 is 2.07 bits per heavy atom. The van der Waals surface area contributed by atoms with Crippen LogP contribution in [0.5, 0.6) is 0 Å². The molecule has 0 bridgehead atoms. The summed E-state index contributed by atoms with van der Waals surface area (Å²) in [6.07, 6.45) is 1.88. The highest BCUT2D eigenvalue weighted by molar-refractivity contribution is 5.76. The second kappa shape index (κ2) is 6.23. The van der Waals surface area contributed by atoms with Crippen molar-refractivity contribution in [1.82, 2.24) is 10.6 Å². The zero-order chi connectivity index (χ0) is 11.1. The summed E-state index contributed by atoms with van der Waals surface area (Å²) in [5.41, 5.74) is 4.76. The Labute approximate surface area is 88.5 Å². The Kier molecular flexibility index (Phi) is 4.89. The molecule has 0 aromatic carbocycles. The summed E-state index contributed by atoms with van der Waals surface area (Å²) in [7, 11) is 0. The van der Waals surface area contributed by atoms with Gasteiger partial charge in [-0.2, -0.15) is 0 Å². The third kappa shape index (κ3) is 6.73. The van der Waals surface area contributed by atoms with Crippen molar-refractivity contribution in [2.24, 2.45) is 5.73 Å². The minimum Gasteiger partial charge on any atom is -0.448 e. The second-order valence-corrected chi connectivity index (χ2v) is 3.51. The van der Waals surface area contributed by atoms with Crippen LogP contribution in [0.15, 0.2) is 0 Å². The molecule has 1 rings (SSSR count). The summed E-state index contributed by atoms with van der Waals surface area (Å²) in [5, 5.41) is 5.85. The number of primary amides is 1. The zero-order valence-corrected chi connectivity index (χ0v) is 8.62. The van der Waals surface area contributed by atoms with Crippen LogP contribution in [0.1, 0.15) is 19.3 Å². The van der Waals surface area contributed by atoms with Gasteiger partial charge >= 0.3 is 6.09 Å². The number of amides is 2. The predicted octanol–water partition coefficient (Wildman–Crippen LogP) is -0.660. The van der Waals surface area contributed by atoms with Crippen LogP contribution in [0.25, 0.3) is 0 Å². The molecular weight excluding hydrogens is 198 g/mol. The summed E-state index contributed by atoms with van der Waals surface area (Å²) in [5.74, 6) is 0.0702.